The normalized spacial score (nSPS) is 19.4. The van der Waals surface area contributed by atoms with E-state index in [1.54, 1.807) is 6.20 Å². The topological polar surface area (TPSA) is 76.2 Å². The molecule has 0 spiro atoms. The standard InChI is InChI=1S/C18H24BN3O3/c1-12(23)22-11-14(19-24-17(2,3)18(4,5)25-19)10-13-6-8-20-16-15(13)7-9-21-16/h6-10H,11H2,1-5H3,(H,20,21)(H,22,23). The SMILES string of the molecule is CC(=O)NCC(=Cc1ccnc2[nH]ccc12)B1OC(C)(C)C(C)(C)O1. The third kappa shape index (κ3) is 3.48. The highest BCUT2D eigenvalue weighted by Crippen LogP contribution is 2.38. The number of pyridine rings is 1. The Labute approximate surface area is 148 Å². The molecule has 2 aromatic heterocycles. The lowest BCUT2D eigenvalue weighted by Crippen LogP contribution is -2.41. The first kappa shape index (κ1) is 17.7. The average molecular weight is 341 g/mol. The van der Waals surface area contributed by atoms with Crippen molar-refractivity contribution in [3.63, 3.8) is 0 Å². The Hall–Kier alpha value is -2.12. The van der Waals surface area contributed by atoms with E-state index in [0.717, 1.165) is 22.1 Å². The van der Waals surface area contributed by atoms with Gasteiger partial charge in [-0.15, -0.1) is 0 Å². The van der Waals surface area contributed by atoms with Gasteiger partial charge < -0.3 is 19.6 Å². The third-order valence-corrected chi connectivity index (χ3v) is 4.93. The first-order chi connectivity index (χ1) is 11.7. The molecule has 3 rings (SSSR count). The summed E-state index contributed by atoms with van der Waals surface area (Å²) in [5, 5.41) is 3.86. The largest absolute Gasteiger partial charge is 0.492 e. The summed E-state index contributed by atoms with van der Waals surface area (Å²) in [6.45, 7) is 9.92. The van der Waals surface area contributed by atoms with Gasteiger partial charge in [0.15, 0.2) is 0 Å². The number of hydrogen-bond donors (Lipinski definition) is 2. The molecule has 1 fully saturated rings. The maximum absolute atomic E-state index is 11.4. The Balaban J connectivity index is 1.98. The van der Waals surface area contributed by atoms with Crippen LogP contribution in [-0.4, -0.2) is 40.7 Å². The van der Waals surface area contributed by atoms with Gasteiger partial charge >= 0.3 is 7.12 Å². The minimum Gasteiger partial charge on any atom is -0.400 e. The summed E-state index contributed by atoms with van der Waals surface area (Å²) in [4.78, 5) is 18.8. The number of hydrogen-bond acceptors (Lipinski definition) is 4. The fraction of sp³-hybridized carbons (Fsp3) is 0.444. The molecular formula is C18H24BN3O3. The number of nitrogens with zero attached hydrogens (tertiary/aromatic N) is 1. The first-order valence-electron chi connectivity index (χ1n) is 8.42. The Kier molecular flexibility index (Phi) is 4.47. The van der Waals surface area contributed by atoms with Crippen LogP contribution in [-0.2, 0) is 14.1 Å². The number of carbonyl (C=O) groups is 1. The van der Waals surface area contributed by atoms with Crippen molar-refractivity contribution in [1.29, 1.82) is 0 Å². The van der Waals surface area contributed by atoms with Crippen molar-refractivity contribution in [2.75, 3.05) is 6.54 Å². The van der Waals surface area contributed by atoms with E-state index < -0.39 is 18.3 Å². The van der Waals surface area contributed by atoms with Crippen molar-refractivity contribution in [3.8, 4) is 0 Å². The molecule has 0 saturated carbocycles. The summed E-state index contributed by atoms with van der Waals surface area (Å²) >= 11 is 0. The summed E-state index contributed by atoms with van der Waals surface area (Å²) in [7, 11) is -0.515. The summed E-state index contributed by atoms with van der Waals surface area (Å²) in [6, 6.07) is 3.92. The van der Waals surface area contributed by atoms with Crippen molar-refractivity contribution < 1.29 is 14.1 Å². The molecule has 0 aliphatic carbocycles. The molecule has 25 heavy (non-hydrogen) atoms. The number of rotatable bonds is 4. The Morgan fingerprint density at radius 2 is 1.96 bits per heavy atom. The van der Waals surface area contributed by atoms with Crippen LogP contribution < -0.4 is 5.32 Å². The van der Waals surface area contributed by atoms with Gasteiger partial charge in [-0.05, 0) is 50.9 Å². The van der Waals surface area contributed by atoms with E-state index in [0.29, 0.717) is 6.54 Å². The summed E-state index contributed by atoms with van der Waals surface area (Å²) < 4.78 is 12.3. The number of H-pyrrole nitrogens is 1. The molecule has 0 bridgehead atoms. The second-order valence-electron chi connectivity index (χ2n) is 7.36. The maximum Gasteiger partial charge on any atom is 0.492 e. The molecule has 132 valence electrons. The Morgan fingerprint density at radius 1 is 1.28 bits per heavy atom. The number of amides is 1. The Bertz CT molecular complexity index is 810. The molecule has 6 nitrogen and oxygen atoms in total. The van der Waals surface area contributed by atoms with E-state index in [2.05, 4.69) is 15.3 Å². The predicted octanol–water partition coefficient (Wildman–Crippen LogP) is 2.71. The quantitative estimate of drug-likeness (QED) is 0.839. The van der Waals surface area contributed by atoms with E-state index >= 15 is 0 Å². The third-order valence-electron chi connectivity index (χ3n) is 4.93. The molecular weight excluding hydrogens is 317 g/mol. The van der Waals surface area contributed by atoms with Crippen molar-refractivity contribution in [3.05, 3.63) is 35.6 Å². The lowest BCUT2D eigenvalue weighted by Gasteiger charge is -2.32. The highest BCUT2D eigenvalue weighted by molar-refractivity contribution is 6.56. The van der Waals surface area contributed by atoms with Gasteiger partial charge in [0.05, 0.1) is 11.2 Å². The highest BCUT2D eigenvalue weighted by atomic mass is 16.7. The lowest BCUT2D eigenvalue weighted by molar-refractivity contribution is -0.118. The first-order valence-corrected chi connectivity index (χ1v) is 8.42. The van der Waals surface area contributed by atoms with Crippen molar-refractivity contribution in [2.45, 2.75) is 45.8 Å². The molecule has 1 saturated heterocycles. The summed E-state index contributed by atoms with van der Waals surface area (Å²) in [5.74, 6) is -0.0936. The average Bonchev–Trinajstić information content (AvgIpc) is 3.06. The van der Waals surface area contributed by atoms with Crippen LogP contribution in [0.4, 0.5) is 0 Å². The molecule has 2 N–H and O–H groups in total. The molecule has 0 aromatic carbocycles. The lowest BCUT2D eigenvalue weighted by atomic mass is 9.76. The zero-order valence-electron chi connectivity index (χ0n) is 15.3. The van der Waals surface area contributed by atoms with Crippen LogP contribution in [0.5, 0.6) is 0 Å². The van der Waals surface area contributed by atoms with Crippen molar-refractivity contribution >= 4 is 30.1 Å². The minimum atomic E-state index is -0.515. The van der Waals surface area contributed by atoms with Gasteiger partial charge in [0.2, 0.25) is 5.91 Å². The molecule has 3 heterocycles. The van der Waals surface area contributed by atoms with E-state index in [1.807, 2.05) is 52.1 Å². The van der Waals surface area contributed by atoms with Gasteiger partial charge in [-0.3, -0.25) is 4.79 Å². The van der Waals surface area contributed by atoms with Crippen LogP contribution in [0, 0.1) is 0 Å². The molecule has 1 aliphatic heterocycles. The van der Waals surface area contributed by atoms with Crippen LogP contribution in [0.2, 0.25) is 0 Å². The molecule has 2 aromatic rings. The van der Waals surface area contributed by atoms with E-state index in [-0.39, 0.29) is 5.91 Å². The fourth-order valence-electron chi connectivity index (χ4n) is 2.73. The number of aromatic amines is 1. The zero-order chi connectivity index (χ0) is 18.2. The molecule has 0 atom stereocenters. The maximum atomic E-state index is 11.4. The van der Waals surface area contributed by atoms with Gasteiger partial charge in [-0.25, -0.2) is 4.98 Å². The zero-order valence-corrected chi connectivity index (χ0v) is 15.3. The second-order valence-corrected chi connectivity index (χ2v) is 7.36. The molecule has 0 unspecified atom stereocenters. The van der Waals surface area contributed by atoms with Crippen LogP contribution in [0.15, 0.2) is 30.0 Å². The van der Waals surface area contributed by atoms with Crippen LogP contribution in [0.25, 0.3) is 17.1 Å². The number of aromatic nitrogens is 2. The number of nitrogens with one attached hydrogen (secondary N) is 2. The van der Waals surface area contributed by atoms with Gasteiger partial charge in [-0.2, -0.15) is 0 Å². The van der Waals surface area contributed by atoms with E-state index in [9.17, 15) is 4.79 Å². The molecule has 1 aliphatic rings. The molecule has 0 radical (unpaired) electrons. The summed E-state index contributed by atoms with van der Waals surface area (Å²) in [5.41, 5.74) is 1.81. The monoisotopic (exact) mass is 341 g/mol. The summed E-state index contributed by atoms with van der Waals surface area (Å²) in [6.07, 6.45) is 5.62. The Morgan fingerprint density at radius 3 is 2.60 bits per heavy atom. The smallest absolute Gasteiger partial charge is 0.400 e. The van der Waals surface area contributed by atoms with Gasteiger partial charge in [-0.1, -0.05) is 6.08 Å². The highest BCUT2D eigenvalue weighted by Gasteiger charge is 2.52. The molecule has 1 amide bonds. The van der Waals surface area contributed by atoms with Crippen LogP contribution in [0.1, 0.15) is 40.2 Å². The van der Waals surface area contributed by atoms with Gasteiger partial charge in [0.25, 0.3) is 0 Å². The fourth-order valence-corrected chi connectivity index (χ4v) is 2.73. The predicted molar refractivity (Wildman–Crippen MR) is 98.8 cm³/mol. The van der Waals surface area contributed by atoms with E-state index in [1.165, 1.54) is 6.92 Å². The minimum absolute atomic E-state index is 0.0936. The van der Waals surface area contributed by atoms with Gasteiger partial charge in [0, 0.05) is 31.2 Å². The number of fused-ring (bicyclic) bond motifs is 1. The molecule has 7 heteroatoms. The number of carbonyl (C=O) groups excluding carboxylic acids is 1. The second kappa shape index (κ2) is 6.31. The van der Waals surface area contributed by atoms with Crippen molar-refractivity contribution in [1.82, 2.24) is 15.3 Å². The van der Waals surface area contributed by atoms with Gasteiger partial charge in [0.1, 0.15) is 5.65 Å². The van der Waals surface area contributed by atoms with Crippen molar-refractivity contribution in [2.24, 2.45) is 0 Å². The van der Waals surface area contributed by atoms with Crippen LogP contribution >= 0.6 is 0 Å². The van der Waals surface area contributed by atoms with E-state index in [4.69, 9.17) is 9.31 Å². The van der Waals surface area contributed by atoms with Crippen LogP contribution in [0.3, 0.4) is 0 Å².